The van der Waals surface area contributed by atoms with Gasteiger partial charge in [-0.1, -0.05) is 35.9 Å². The minimum atomic E-state index is -3.77. The van der Waals surface area contributed by atoms with Gasteiger partial charge in [0, 0.05) is 34.5 Å². The zero-order chi connectivity index (χ0) is 27.4. The van der Waals surface area contributed by atoms with Crippen LogP contribution in [0.4, 0.5) is 8.78 Å². The third-order valence-electron chi connectivity index (χ3n) is 7.93. The Morgan fingerprint density at radius 3 is 2.38 bits per heavy atom. The van der Waals surface area contributed by atoms with Gasteiger partial charge < -0.3 is 15.0 Å². The monoisotopic (exact) mass is 521 g/mol. The molecule has 4 rings (SSSR count). The number of hydrogen-bond donors (Lipinski definition) is 1. The van der Waals surface area contributed by atoms with Crippen LogP contribution in [0.15, 0.2) is 42.5 Å². The lowest BCUT2D eigenvalue weighted by molar-refractivity contribution is -0.148. The van der Waals surface area contributed by atoms with E-state index in [-0.39, 0.29) is 23.4 Å². The van der Waals surface area contributed by atoms with Crippen molar-refractivity contribution in [3.05, 3.63) is 69.7 Å². The zero-order valence-electron chi connectivity index (χ0n) is 21.1. The molecular weight excluding hydrogens is 498 g/mol. The van der Waals surface area contributed by atoms with Gasteiger partial charge in [-0.2, -0.15) is 8.78 Å². The number of nitrogens with zero attached hydrogens (tertiary/aromatic N) is 2. The Kier molecular flexibility index (Phi) is 6.86. The van der Waals surface area contributed by atoms with E-state index in [0.717, 1.165) is 16.9 Å². The van der Waals surface area contributed by atoms with Crippen molar-refractivity contribution in [1.82, 2.24) is 15.0 Å². The summed E-state index contributed by atoms with van der Waals surface area (Å²) in [5, 5.41) is 2.62. The fraction of sp³-hybridized carbons (Fsp3) is 0.273. The van der Waals surface area contributed by atoms with E-state index in [1.165, 1.54) is 25.0 Å². The number of carbonyl (C=O) groups is 4. The number of alkyl halides is 2. The van der Waals surface area contributed by atoms with Crippen LogP contribution in [0.5, 0.6) is 0 Å². The Balaban J connectivity index is 1.56. The normalized spacial score (nSPS) is 24.7. The number of amides is 4. The van der Waals surface area contributed by atoms with Gasteiger partial charge in [-0.05, 0) is 35.1 Å². The summed E-state index contributed by atoms with van der Waals surface area (Å²) >= 11 is 5.76. The minimum absolute atomic E-state index is 0.116. The molecule has 1 N–H and O–H groups in total. The van der Waals surface area contributed by atoms with E-state index in [2.05, 4.69) is 5.32 Å². The van der Waals surface area contributed by atoms with Crippen molar-refractivity contribution >= 4 is 74.6 Å². The second-order valence-electron chi connectivity index (χ2n) is 10.0. The van der Waals surface area contributed by atoms with Crippen molar-refractivity contribution in [3.8, 4) is 0 Å². The van der Waals surface area contributed by atoms with Crippen LogP contribution in [0, 0.1) is 0 Å². The van der Waals surface area contributed by atoms with Gasteiger partial charge in [0.2, 0.25) is 19.8 Å². The highest BCUT2D eigenvalue weighted by Gasteiger charge is 2.56. The summed E-state index contributed by atoms with van der Waals surface area (Å²) in [6.45, 7) is 0.116. The largest absolute Gasteiger partial charge is 0.352 e. The smallest absolute Gasteiger partial charge is 0.349 e. The number of carbonyl (C=O) groups excluding carboxylic acids is 4. The van der Waals surface area contributed by atoms with E-state index in [9.17, 15) is 28.0 Å². The summed E-state index contributed by atoms with van der Waals surface area (Å²) in [5.74, 6) is -7.98. The molecule has 0 saturated carbocycles. The minimum Gasteiger partial charge on any atom is -0.352 e. The molecular formula is C22H23B5ClF2N3O4. The van der Waals surface area contributed by atoms with Crippen LogP contribution in [-0.2, 0) is 26.9 Å². The third-order valence-corrected chi connectivity index (χ3v) is 8.18. The average Bonchev–Trinajstić information content (AvgIpc) is 3.21. The Labute approximate surface area is 222 Å². The lowest BCUT2D eigenvalue weighted by Gasteiger charge is -2.50. The molecule has 2 aliphatic rings. The summed E-state index contributed by atoms with van der Waals surface area (Å²) in [4.78, 5) is 54.0. The number of imide groups is 1. The summed E-state index contributed by atoms with van der Waals surface area (Å²) < 4.78 is 29.5. The number of nitrogens with one attached hydrogen (secondary N) is 1. The van der Waals surface area contributed by atoms with Gasteiger partial charge in [-0.3, -0.25) is 19.2 Å². The first kappa shape index (κ1) is 27.0. The molecule has 2 aromatic carbocycles. The molecule has 2 aromatic rings. The summed E-state index contributed by atoms with van der Waals surface area (Å²) in [6.07, 6.45) is 0. The predicted molar refractivity (Wildman–Crippen MR) is 147 cm³/mol. The molecule has 1 fully saturated rings. The maximum absolute atomic E-state index is 14.7. The van der Waals surface area contributed by atoms with Crippen molar-refractivity contribution in [2.75, 3.05) is 0 Å². The topological polar surface area (TPSA) is 86.8 Å². The second-order valence-corrected chi connectivity index (χ2v) is 10.4. The molecule has 4 atom stereocenters. The molecule has 37 heavy (non-hydrogen) atoms. The first-order valence-electron chi connectivity index (χ1n) is 11.9. The quantitative estimate of drug-likeness (QED) is 0.362. The zero-order valence-corrected chi connectivity index (χ0v) is 21.9. The van der Waals surface area contributed by atoms with Gasteiger partial charge in [0.05, 0.1) is 5.44 Å². The molecule has 3 unspecified atom stereocenters. The summed E-state index contributed by atoms with van der Waals surface area (Å²) in [6, 6.07) is 9.63. The molecule has 0 bridgehead atoms. The standard InChI is InChI=1S/C22H23B5ClF2N3O4/c23-14-15(24)21(26,20(37)33(27)18(14)35)32-8-10-7-9(1-6-13(10)17(32)34)16(25)31-19(36)22(29,30)11-2-4-12(28)5-3-11/h1-7,14-16H,8,23-27H2,(H,31,36)/t14?,15?,16?,21-/m1/s1. The number of benzene rings is 2. The first-order valence-corrected chi connectivity index (χ1v) is 12.3. The van der Waals surface area contributed by atoms with Crippen molar-refractivity contribution in [2.45, 2.75) is 35.5 Å². The van der Waals surface area contributed by atoms with E-state index in [0.29, 0.717) is 16.7 Å². The van der Waals surface area contributed by atoms with E-state index >= 15 is 0 Å². The Hall–Kier alpha value is -3.01. The molecule has 186 valence electrons. The molecule has 0 radical (unpaired) electrons. The SMILES string of the molecule is BC(NC(=O)C(F)(F)c1ccc(Cl)cc1)c1ccc2c(c1)CN([C@@]1(B)C(=O)N(B)C(=O)C(B)C1B)C2=O. The van der Waals surface area contributed by atoms with Crippen molar-refractivity contribution in [2.24, 2.45) is 0 Å². The average molecular weight is 521 g/mol. The molecule has 1 saturated heterocycles. The van der Waals surface area contributed by atoms with Crippen LogP contribution in [-0.4, -0.2) is 78.1 Å². The first-order chi connectivity index (χ1) is 17.2. The highest BCUT2D eigenvalue weighted by molar-refractivity contribution is 6.47. The number of fused-ring (bicyclic) bond motifs is 1. The molecule has 15 heteroatoms. The van der Waals surface area contributed by atoms with Gasteiger partial charge in [0.1, 0.15) is 31.4 Å². The van der Waals surface area contributed by atoms with Crippen LogP contribution >= 0.6 is 11.6 Å². The number of rotatable bonds is 5. The number of hydrogen-bond acceptors (Lipinski definition) is 4. The Morgan fingerprint density at radius 2 is 1.76 bits per heavy atom. The van der Waals surface area contributed by atoms with E-state index < -0.39 is 46.3 Å². The fourth-order valence-corrected chi connectivity index (χ4v) is 5.27. The van der Waals surface area contributed by atoms with Crippen LogP contribution in [0.3, 0.4) is 0 Å². The van der Waals surface area contributed by atoms with Gasteiger partial charge >= 0.3 is 5.92 Å². The fourth-order valence-electron chi connectivity index (χ4n) is 5.15. The molecule has 2 aliphatic heterocycles. The van der Waals surface area contributed by atoms with E-state index in [4.69, 9.17) is 11.6 Å². The van der Waals surface area contributed by atoms with Gasteiger partial charge in [-0.15, -0.1) is 0 Å². The summed E-state index contributed by atoms with van der Waals surface area (Å²) in [7, 11) is 8.19. The van der Waals surface area contributed by atoms with Crippen molar-refractivity contribution < 1.29 is 28.0 Å². The Bertz CT molecular complexity index is 1320. The molecule has 0 spiro atoms. The van der Waals surface area contributed by atoms with Crippen LogP contribution < -0.4 is 5.32 Å². The molecule has 2 heterocycles. The highest BCUT2D eigenvalue weighted by atomic mass is 35.5. The number of halogens is 3. The van der Waals surface area contributed by atoms with Crippen molar-refractivity contribution in [3.63, 3.8) is 0 Å². The van der Waals surface area contributed by atoms with Gasteiger partial charge in [-0.25, -0.2) is 0 Å². The second kappa shape index (κ2) is 9.38. The predicted octanol–water partition coefficient (Wildman–Crippen LogP) is -2.07. The lowest BCUT2D eigenvalue weighted by atomic mass is 9.48. The van der Waals surface area contributed by atoms with Crippen LogP contribution in [0.1, 0.15) is 33.0 Å². The Morgan fingerprint density at radius 1 is 1.14 bits per heavy atom. The molecule has 0 aliphatic carbocycles. The molecule has 7 nitrogen and oxygen atoms in total. The highest BCUT2D eigenvalue weighted by Crippen LogP contribution is 2.43. The maximum Gasteiger partial charge on any atom is 0.349 e. The lowest BCUT2D eigenvalue weighted by Crippen LogP contribution is -2.68. The van der Waals surface area contributed by atoms with Crippen LogP contribution in [0.2, 0.25) is 16.7 Å². The number of piperidine rings is 1. The van der Waals surface area contributed by atoms with Gasteiger partial charge in [0.25, 0.3) is 11.8 Å². The summed E-state index contributed by atoms with van der Waals surface area (Å²) in [5.41, 5.74) is -0.182. The molecule has 4 amide bonds. The van der Waals surface area contributed by atoms with E-state index in [1.807, 2.05) is 0 Å². The van der Waals surface area contributed by atoms with E-state index in [1.54, 1.807) is 49.6 Å². The third kappa shape index (κ3) is 4.29. The van der Waals surface area contributed by atoms with Crippen LogP contribution in [0.25, 0.3) is 0 Å². The maximum atomic E-state index is 14.7. The van der Waals surface area contributed by atoms with Gasteiger partial charge in [0.15, 0.2) is 0 Å². The molecule has 0 aromatic heterocycles. The van der Waals surface area contributed by atoms with Crippen molar-refractivity contribution in [1.29, 1.82) is 0 Å².